The lowest BCUT2D eigenvalue weighted by atomic mass is 9.48. The number of hydrogen-bond acceptors (Lipinski definition) is 4. The van der Waals surface area contributed by atoms with Gasteiger partial charge in [0.2, 0.25) is 5.91 Å². The predicted octanol–water partition coefficient (Wildman–Crippen LogP) is 4.42. The van der Waals surface area contributed by atoms with E-state index in [2.05, 4.69) is 27.2 Å². The van der Waals surface area contributed by atoms with Gasteiger partial charge in [-0.3, -0.25) is 4.79 Å². The normalized spacial score (nSPS) is 32.7. The Balaban J connectivity index is 1.20. The molecule has 2 heterocycles. The van der Waals surface area contributed by atoms with Crippen LogP contribution in [0, 0.1) is 23.2 Å². The van der Waals surface area contributed by atoms with Crippen LogP contribution < -0.4 is 5.32 Å². The van der Waals surface area contributed by atoms with Crippen LogP contribution in [0.2, 0.25) is 5.02 Å². The molecule has 1 atom stereocenters. The van der Waals surface area contributed by atoms with E-state index in [1.807, 2.05) is 0 Å². The van der Waals surface area contributed by atoms with Gasteiger partial charge in [0.05, 0.1) is 16.3 Å². The summed E-state index contributed by atoms with van der Waals surface area (Å²) in [6.45, 7) is 2.23. The van der Waals surface area contributed by atoms with Crippen LogP contribution in [0.1, 0.15) is 45.4 Å². The van der Waals surface area contributed by atoms with Crippen molar-refractivity contribution in [3.63, 3.8) is 0 Å². The summed E-state index contributed by atoms with van der Waals surface area (Å²) in [4.78, 5) is 24.4. The molecule has 0 aromatic carbocycles. The zero-order chi connectivity index (χ0) is 18.6. The molecule has 4 saturated carbocycles. The summed E-state index contributed by atoms with van der Waals surface area (Å²) in [5.41, 5.74) is 1.77. The van der Waals surface area contributed by atoms with E-state index in [0.29, 0.717) is 27.0 Å². The highest BCUT2D eigenvalue weighted by Crippen LogP contribution is 2.61. The van der Waals surface area contributed by atoms with Crippen molar-refractivity contribution in [1.29, 1.82) is 0 Å². The Morgan fingerprint density at radius 3 is 2.67 bits per heavy atom. The second-order valence-corrected chi connectivity index (χ2v) is 10.3. The third-order valence-electron chi connectivity index (χ3n) is 7.00. The van der Waals surface area contributed by atoms with Gasteiger partial charge in [0.25, 0.3) is 0 Å². The molecule has 4 bridgehead atoms. The molecule has 0 saturated heterocycles. The van der Waals surface area contributed by atoms with E-state index in [4.69, 9.17) is 11.6 Å². The lowest BCUT2D eigenvalue weighted by Gasteiger charge is -2.59. The maximum Gasteiger partial charge on any atom is 0.230 e. The van der Waals surface area contributed by atoms with Crippen LogP contribution in [0.3, 0.4) is 0 Å². The third kappa shape index (κ3) is 3.35. The maximum atomic E-state index is 12.6. The number of hydrogen-bond donors (Lipinski definition) is 2. The number of H-pyrrole nitrogens is 1. The highest BCUT2D eigenvalue weighted by atomic mass is 35.5. The van der Waals surface area contributed by atoms with Crippen LogP contribution >= 0.6 is 23.4 Å². The van der Waals surface area contributed by atoms with Crippen LogP contribution in [-0.4, -0.2) is 32.7 Å². The average Bonchev–Trinajstić information content (AvgIpc) is 3.01. The number of thioether (sulfide) groups is 1. The monoisotopic (exact) mass is 404 g/mol. The zero-order valence-electron chi connectivity index (χ0n) is 15.5. The van der Waals surface area contributed by atoms with Gasteiger partial charge in [-0.2, -0.15) is 0 Å². The number of aromatic amines is 1. The molecule has 2 aromatic heterocycles. The number of aromatic nitrogens is 3. The molecular weight excluding hydrogens is 380 g/mol. The smallest absolute Gasteiger partial charge is 0.230 e. The fourth-order valence-corrected chi connectivity index (χ4v) is 7.04. The minimum Gasteiger partial charge on any atom is -0.352 e. The van der Waals surface area contributed by atoms with Gasteiger partial charge < -0.3 is 10.3 Å². The van der Waals surface area contributed by atoms with E-state index in [-0.39, 0.29) is 11.9 Å². The van der Waals surface area contributed by atoms with Crippen molar-refractivity contribution in [3.8, 4) is 0 Å². The fourth-order valence-electron chi connectivity index (χ4n) is 6.20. The van der Waals surface area contributed by atoms with Gasteiger partial charge in [-0.05, 0) is 74.7 Å². The first kappa shape index (κ1) is 17.8. The van der Waals surface area contributed by atoms with Crippen LogP contribution in [0.25, 0.3) is 11.2 Å². The topological polar surface area (TPSA) is 70.7 Å². The number of carbonyl (C=O) groups excluding carboxylic acids is 1. The molecule has 0 unspecified atom stereocenters. The van der Waals surface area contributed by atoms with E-state index in [1.54, 1.807) is 12.3 Å². The number of rotatable bonds is 5. The number of halogens is 1. The zero-order valence-corrected chi connectivity index (χ0v) is 17.1. The van der Waals surface area contributed by atoms with E-state index in [0.717, 1.165) is 23.3 Å². The first-order valence-electron chi connectivity index (χ1n) is 9.92. The van der Waals surface area contributed by atoms with Gasteiger partial charge in [0, 0.05) is 12.2 Å². The van der Waals surface area contributed by atoms with Gasteiger partial charge >= 0.3 is 0 Å². The number of pyridine rings is 1. The van der Waals surface area contributed by atoms with Gasteiger partial charge in [-0.1, -0.05) is 23.4 Å². The van der Waals surface area contributed by atoms with Crippen molar-refractivity contribution in [1.82, 2.24) is 20.3 Å². The third-order valence-corrected chi connectivity index (χ3v) is 8.08. The Kier molecular flexibility index (Phi) is 4.39. The van der Waals surface area contributed by atoms with Crippen molar-refractivity contribution >= 4 is 40.4 Å². The molecule has 27 heavy (non-hydrogen) atoms. The summed E-state index contributed by atoms with van der Waals surface area (Å²) in [5, 5.41) is 4.59. The summed E-state index contributed by atoms with van der Waals surface area (Å²) in [6.07, 6.45) is 9.80. The largest absolute Gasteiger partial charge is 0.352 e. The minimum absolute atomic E-state index is 0.0923. The highest BCUT2D eigenvalue weighted by molar-refractivity contribution is 7.99. The molecule has 4 fully saturated rings. The van der Waals surface area contributed by atoms with Crippen molar-refractivity contribution in [3.05, 3.63) is 17.3 Å². The lowest BCUT2D eigenvalue weighted by molar-refractivity contribution is -0.123. The van der Waals surface area contributed by atoms with E-state index in [9.17, 15) is 4.79 Å². The molecule has 144 valence electrons. The first-order chi connectivity index (χ1) is 13.0. The van der Waals surface area contributed by atoms with Crippen LogP contribution in [0.4, 0.5) is 0 Å². The number of nitrogens with zero attached hydrogens (tertiary/aromatic N) is 2. The van der Waals surface area contributed by atoms with Gasteiger partial charge in [-0.15, -0.1) is 0 Å². The maximum absolute atomic E-state index is 12.6. The molecule has 5 nitrogen and oxygen atoms in total. The SMILES string of the molecule is C[C@H](NC(=O)CSc1nc2ncc(Cl)cc2[nH]1)C12CC3CC(CC(C3)C1)C2. The Morgan fingerprint density at radius 1 is 1.33 bits per heavy atom. The molecule has 0 spiro atoms. The quantitative estimate of drug-likeness (QED) is 0.723. The molecule has 1 amide bonds. The molecule has 0 radical (unpaired) electrons. The molecular formula is C20H25ClN4OS. The Labute approximate surface area is 168 Å². The molecule has 6 rings (SSSR count). The standard InChI is InChI=1S/C20H25ClN4OS/c1-11(20-6-12-2-13(7-20)4-14(3-12)8-20)23-17(26)10-27-19-24-16-5-15(21)9-22-18(16)25-19/h5,9,11-14H,2-4,6-8,10H2,1H3,(H,23,26)(H,22,24,25)/t11-,12?,13?,14?,20?/m0/s1. The summed E-state index contributed by atoms with van der Waals surface area (Å²) < 4.78 is 0. The van der Waals surface area contributed by atoms with Gasteiger partial charge in [0.15, 0.2) is 10.8 Å². The van der Waals surface area contributed by atoms with Gasteiger partial charge in [0.1, 0.15) is 0 Å². The summed E-state index contributed by atoms with van der Waals surface area (Å²) >= 11 is 7.38. The lowest BCUT2D eigenvalue weighted by Crippen LogP contribution is -2.56. The molecule has 4 aliphatic carbocycles. The number of amides is 1. The minimum atomic E-state index is 0.0923. The van der Waals surface area contributed by atoms with Crippen LogP contribution in [0.5, 0.6) is 0 Å². The molecule has 7 heteroatoms. The molecule has 2 aromatic rings. The predicted molar refractivity (Wildman–Crippen MR) is 108 cm³/mol. The van der Waals surface area contributed by atoms with Crippen LogP contribution in [-0.2, 0) is 4.79 Å². The second kappa shape index (κ2) is 6.66. The Hall–Kier alpha value is -1.27. The van der Waals surface area contributed by atoms with Crippen molar-refractivity contribution in [2.45, 2.75) is 56.6 Å². The Bertz CT molecular complexity index is 847. The second-order valence-electron chi connectivity index (χ2n) is 8.92. The number of imidazole rings is 1. The fraction of sp³-hybridized carbons (Fsp3) is 0.650. The van der Waals surface area contributed by atoms with Gasteiger partial charge in [-0.25, -0.2) is 9.97 Å². The first-order valence-corrected chi connectivity index (χ1v) is 11.3. The summed E-state index contributed by atoms with van der Waals surface area (Å²) in [7, 11) is 0. The van der Waals surface area contributed by atoms with Crippen molar-refractivity contribution in [2.75, 3.05) is 5.75 Å². The van der Waals surface area contributed by atoms with Crippen LogP contribution in [0.15, 0.2) is 17.4 Å². The Morgan fingerprint density at radius 2 is 2.00 bits per heavy atom. The molecule has 0 aliphatic heterocycles. The van der Waals surface area contributed by atoms with E-state index in [1.165, 1.54) is 50.3 Å². The van der Waals surface area contributed by atoms with Crippen molar-refractivity contribution in [2.24, 2.45) is 23.2 Å². The molecule has 4 aliphatic rings. The van der Waals surface area contributed by atoms with E-state index < -0.39 is 0 Å². The number of carbonyl (C=O) groups is 1. The summed E-state index contributed by atoms with van der Waals surface area (Å²) in [5.74, 6) is 3.17. The number of fused-ring (bicyclic) bond motifs is 1. The van der Waals surface area contributed by atoms with Crippen molar-refractivity contribution < 1.29 is 4.79 Å². The van der Waals surface area contributed by atoms with E-state index >= 15 is 0 Å². The molecule has 2 N–H and O–H groups in total. The summed E-state index contributed by atoms with van der Waals surface area (Å²) in [6, 6.07) is 2.06. The number of nitrogens with one attached hydrogen (secondary N) is 2. The highest BCUT2D eigenvalue weighted by Gasteiger charge is 2.53. The average molecular weight is 405 g/mol.